The molecular weight excluding hydrogens is 434 g/mol. The predicted molar refractivity (Wildman–Crippen MR) is 132 cm³/mol. The summed E-state index contributed by atoms with van der Waals surface area (Å²) in [4.78, 5) is 19.6. The Morgan fingerprint density at radius 2 is 1.85 bits per heavy atom. The molecule has 3 aromatic carbocycles. The summed E-state index contributed by atoms with van der Waals surface area (Å²) in [5.74, 6) is 1.87. The number of fused-ring (bicyclic) bond motifs is 1. The van der Waals surface area contributed by atoms with E-state index < -0.39 is 0 Å². The average molecular weight is 460 g/mol. The highest BCUT2D eigenvalue weighted by Crippen LogP contribution is 2.36. The maximum Gasteiger partial charge on any atom is 0.227 e. The van der Waals surface area contributed by atoms with Crippen molar-refractivity contribution in [2.24, 2.45) is 0 Å². The monoisotopic (exact) mass is 459 g/mol. The molecule has 1 aliphatic rings. The van der Waals surface area contributed by atoms with Crippen molar-refractivity contribution >= 4 is 34.2 Å². The third kappa shape index (κ3) is 4.21. The summed E-state index contributed by atoms with van der Waals surface area (Å²) in [6, 6.07) is 21.8. The van der Waals surface area contributed by atoms with Crippen LogP contribution in [-0.4, -0.2) is 28.6 Å². The van der Waals surface area contributed by atoms with Gasteiger partial charge in [0.1, 0.15) is 18.2 Å². The number of carbonyl (C=O) groups excluding carboxylic acids is 1. The number of hydrogen-bond donors (Lipinski definition) is 0. The Morgan fingerprint density at radius 3 is 2.67 bits per heavy atom. The smallest absolute Gasteiger partial charge is 0.227 e. The van der Waals surface area contributed by atoms with E-state index in [1.165, 1.54) is 5.56 Å². The van der Waals surface area contributed by atoms with Crippen LogP contribution in [0.1, 0.15) is 29.3 Å². The molecule has 4 aromatic rings. The lowest BCUT2D eigenvalue weighted by Crippen LogP contribution is -2.25. The number of para-hydroxylation sites is 3. The summed E-state index contributed by atoms with van der Waals surface area (Å²) >= 11 is 6.38. The molecule has 1 saturated heterocycles. The molecule has 0 saturated carbocycles. The first-order valence-corrected chi connectivity index (χ1v) is 11.6. The van der Waals surface area contributed by atoms with Gasteiger partial charge in [-0.1, -0.05) is 53.6 Å². The second kappa shape index (κ2) is 8.91. The van der Waals surface area contributed by atoms with Gasteiger partial charge in [0.15, 0.2) is 0 Å². The molecule has 0 N–H and O–H groups in total. The SMILES string of the molecule is Cc1ccc(OCCn2c([C@H]3CC(=O)N(c4ccccc4Cl)C3)nc3ccccc32)c(C)c1. The lowest BCUT2D eigenvalue weighted by Gasteiger charge is -2.18. The predicted octanol–water partition coefficient (Wildman–Crippen LogP) is 5.91. The molecule has 5 rings (SSSR count). The van der Waals surface area contributed by atoms with Crippen molar-refractivity contribution in [1.82, 2.24) is 9.55 Å². The van der Waals surface area contributed by atoms with Crippen LogP contribution in [0.5, 0.6) is 5.75 Å². The van der Waals surface area contributed by atoms with E-state index >= 15 is 0 Å². The van der Waals surface area contributed by atoms with Crippen LogP contribution in [0.2, 0.25) is 5.02 Å². The molecular formula is C27H26ClN3O2. The van der Waals surface area contributed by atoms with Crippen LogP contribution in [0, 0.1) is 13.8 Å². The highest BCUT2D eigenvalue weighted by molar-refractivity contribution is 6.33. The molecule has 0 bridgehead atoms. The zero-order chi connectivity index (χ0) is 22.9. The third-order valence-electron chi connectivity index (χ3n) is 6.22. The summed E-state index contributed by atoms with van der Waals surface area (Å²) in [6.07, 6.45) is 0.409. The highest BCUT2D eigenvalue weighted by Gasteiger charge is 2.35. The number of halogens is 1. The lowest BCUT2D eigenvalue weighted by molar-refractivity contribution is -0.117. The summed E-state index contributed by atoms with van der Waals surface area (Å²) in [5.41, 5.74) is 5.09. The Bertz CT molecular complexity index is 1330. The standard InChI is InChI=1S/C27H26ClN3O2/c1-18-11-12-25(19(2)15-18)33-14-13-30-24-10-6-4-8-22(24)29-27(30)20-16-26(32)31(17-20)23-9-5-3-7-21(23)28/h3-12,15,20H,13-14,16-17H2,1-2H3/t20-/m0/s1. The van der Waals surface area contributed by atoms with Crippen molar-refractivity contribution in [3.63, 3.8) is 0 Å². The number of amides is 1. The maximum absolute atomic E-state index is 12.9. The number of benzene rings is 3. The molecule has 1 fully saturated rings. The zero-order valence-electron chi connectivity index (χ0n) is 18.8. The first-order valence-electron chi connectivity index (χ1n) is 11.2. The van der Waals surface area contributed by atoms with Gasteiger partial charge in [-0.2, -0.15) is 0 Å². The van der Waals surface area contributed by atoms with Gasteiger partial charge in [0.25, 0.3) is 0 Å². The van der Waals surface area contributed by atoms with E-state index in [0.717, 1.165) is 33.9 Å². The van der Waals surface area contributed by atoms with E-state index in [1.807, 2.05) is 48.5 Å². The topological polar surface area (TPSA) is 47.4 Å². The lowest BCUT2D eigenvalue weighted by atomic mass is 10.1. The van der Waals surface area contributed by atoms with Gasteiger partial charge in [0, 0.05) is 18.9 Å². The van der Waals surface area contributed by atoms with Gasteiger partial charge >= 0.3 is 0 Å². The second-order valence-electron chi connectivity index (χ2n) is 8.58. The van der Waals surface area contributed by atoms with Crippen molar-refractivity contribution < 1.29 is 9.53 Å². The van der Waals surface area contributed by atoms with Gasteiger partial charge in [-0.05, 0) is 49.7 Å². The summed E-state index contributed by atoms with van der Waals surface area (Å²) in [7, 11) is 0. The number of ether oxygens (including phenoxy) is 1. The number of aryl methyl sites for hydroxylation is 2. The Labute approximate surface area is 198 Å². The van der Waals surface area contributed by atoms with Crippen molar-refractivity contribution in [2.45, 2.75) is 32.7 Å². The fourth-order valence-corrected chi connectivity index (χ4v) is 4.87. The Morgan fingerprint density at radius 1 is 1.06 bits per heavy atom. The van der Waals surface area contributed by atoms with Gasteiger partial charge in [0.2, 0.25) is 5.91 Å². The minimum absolute atomic E-state index is 0.0118. The fraction of sp³-hybridized carbons (Fsp3) is 0.259. The van der Waals surface area contributed by atoms with Crippen LogP contribution in [0.15, 0.2) is 66.7 Å². The molecule has 0 aliphatic carbocycles. The molecule has 168 valence electrons. The minimum Gasteiger partial charge on any atom is -0.491 e. The minimum atomic E-state index is -0.0118. The molecule has 1 amide bonds. The van der Waals surface area contributed by atoms with Gasteiger partial charge in [-0.3, -0.25) is 4.79 Å². The van der Waals surface area contributed by atoms with Gasteiger partial charge in [-0.15, -0.1) is 0 Å². The highest BCUT2D eigenvalue weighted by atomic mass is 35.5. The number of nitrogens with zero attached hydrogens (tertiary/aromatic N) is 3. The Balaban J connectivity index is 1.41. The van der Waals surface area contributed by atoms with Crippen LogP contribution >= 0.6 is 11.6 Å². The van der Waals surface area contributed by atoms with Gasteiger partial charge in [0.05, 0.1) is 28.3 Å². The first kappa shape index (κ1) is 21.5. The molecule has 33 heavy (non-hydrogen) atoms. The summed E-state index contributed by atoms with van der Waals surface area (Å²) < 4.78 is 8.32. The molecule has 0 unspecified atom stereocenters. The van der Waals surface area contributed by atoms with E-state index in [2.05, 4.69) is 36.6 Å². The van der Waals surface area contributed by atoms with E-state index in [9.17, 15) is 4.79 Å². The fourth-order valence-electron chi connectivity index (χ4n) is 4.63. The van der Waals surface area contributed by atoms with Crippen LogP contribution in [0.25, 0.3) is 11.0 Å². The Hall–Kier alpha value is -3.31. The number of hydrogen-bond acceptors (Lipinski definition) is 3. The number of carbonyl (C=O) groups is 1. The number of rotatable bonds is 6. The molecule has 5 nitrogen and oxygen atoms in total. The zero-order valence-corrected chi connectivity index (χ0v) is 19.5. The van der Waals surface area contributed by atoms with E-state index in [0.29, 0.717) is 31.1 Å². The van der Waals surface area contributed by atoms with Crippen molar-refractivity contribution in [3.05, 3.63) is 88.7 Å². The quantitative estimate of drug-likeness (QED) is 0.360. The van der Waals surface area contributed by atoms with Crippen LogP contribution in [0.3, 0.4) is 0 Å². The molecule has 1 aliphatic heterocycles. The molecule has 1 atom stereocenters. The van der Waals surface area contributed by atoms with Crippen LogP contribution < -0.4 is 9.64 Å². The molecule has 1 aromatic heterocycles. The number of aromatic nitrogens is 2. The normalized spacial score (nSPS) is 16.0. The average Bonchev–Trinajstić information content (AvgIpc) is 3.36. The third-order valence-corrected chi connectivity index (χ3v) is 6.54. The number of anilines is 1. The molecule has 6 heteroatoms. The van der Waals surface area contributed by atoms with Crippen molar-refractivity contribution in [2.75, 3.05) is 18.1 Å². The maximum atomic E-state index is 12.9. The number of imidazole rings is 1. The van der Waals surface area contributed by atoms with Gasteiger partial charge < -0.3 is 14.2 Å². The largest absolute Gasteiger partial charge is 0.491 e. The molecule has 0 radical (unpaired) electrons. The Kier molecular flexibility index (Phi) is 5.81. The molecule has 2 heterocycles. The first-order chi connectivity index (χ1) is 16.0. The van der Waals surface area contributed by atoms with Crippen LogP contribution in [0.4, 0.5) is 5.69 Å². The summed E-state index contributed by atoms with van der Waals surface area (Å²) in [5, 5.41) is 0.585. The van der Waals surface area contributed by atoms with E-state index in [-0.39, 0.29) is 11.8 Å². The second-order valence-corrected chi connectivity index (χ2v) is 8.99. The van der Waals surface area contributed by atoms with Crippen molar-refractivity contribution in [1.29, 1.82) is 0 Å². The van der Waals surface area contributed by atoms with Crippen molar-refractivity contribution in [3.8, 4) is 5.75 Å². The molecule has 0 spiro atoms. The van der Waals surface area contributed by atoms with E-state index in [4.69, 9.17) is 21.3 Å². The van der Waals surface area contributed by atoms with Gasteiger partial charge in [-0.25, -0.2) is 4.98 Å². The van der Waals surface area contributed by atoms with E-state index in [1.54, 1.807) is 4.90 Å². The van der Waals surface area contributed by atoms with Crippen LogP contribution in [-0.2, 0) is 11.3 Å². The summed E-state index contributed by atoms with van der Waals surface area (Å²) in [6.45, 7) is 5.87.